The van der Waals surface area contributed by atoms with E-state index in [2.05, 4.69) is 28.6 Å². The normalized spacial score (nSPS) is 10.3. The van der Waals surface area contributed by atoms with Crippen LogP contribution in [-0.4, -0.2) is 25.1 Å². The highest BCUT2D eigenvalue weighted by Gasteiger charge is 2.13. The summed E-state index contributed by atoms with van der Waals surface area (Å²) in [5, 5.41) is 6.16. The van der Waals surface area contributed by atoms with E-state index in [1.165, 1.54) is 12.7 Å². The fourth-order valence-corrected chi connectivity index (χ4v) is 2.83. The Morgan fingerprint density at radius 2 is 1.71 bits per heavy atom. The van der Waals surface area contributed by atoms with Gasteiger partial charge in [0, 0.05) is 23.6 Å². The lowest BCUT2D eigenvalue weighted by molar-refractivity contribution is 0.102. The number of benzene rings is 2. The van der Waals surface area contributed by atoms with Crippen LogP contribution >= 0.6 is 0 Å². The van der Waals surface area contributed by atoms with Gasteiger partial charge in [-0.15, -0.1) is 0 Å². The molecule has 3 rings (SSSR count). The first-order chi connectivity index (χ1) is 13.5. The number of methoxy groups -OCH3 is 2. The number of nitrogens with one attached hydrogen (secondary N) is 2. The molecule has 1 aromatic heterocycles. The largest absolute Gasteiger partial charge is 0.497 e. The number of anilines is 3. The van der Waals surface area contributed by atoms with Gasteiger partial charge in [0.2, 0.25) is 0 Å². The SMILES string of the molecule is COc1ccc(NC(=O)c2cc(Nc3ccc(C)cc3C)ccn2)c(OC)c1. The number of carbonyl (C=O) groups excluding carboxylic acids is 1. The molecule has 2 N–H and O–H groups in total. The van der Waals surface area contributed by atoms with Crippen LogP contribution < -0.4 is 20.1 Å². The average molecular weight is 377 g/mol. The van der Waals surface area contributed by atoms with Crippen LogP contribution in [0.2, 0.25) is 0 Å². The van der Waals surface area contributed by atoms with E-state index < -0.39 is 0 Å². The monoisotopic (exact) mass is 377 g/mol. The molecular formula is C22H23N3O3. The molecule has 1 amide bonds. The Morgan fingerprint density at radius 1 is 0.929 bits per heavy atom. The zero-order chi connectivity index (χ0) is 20.1. The molecule has 144 valence electrons. The molecule has 0 saturated carbocycles. The number of hydrogen-bond acceptors (Lipinski definition) is 5. The standard InChI is InChI=1S/C22H23N3O3/c1-14-5-7-18(15(2)11-14)24-16-9-10-23-20(12-16)22(26)25-19-8-6-17(27-3)13-21(19)28-4/h5-13H,1-4H3,(H,23,24)(H,25,26). The van der Waals surface area contributed by atoms with E-state index in [4.69, 9.17) is 9.47 Å². The van der Waals surface area contributed by atoms with Crippen LogP contribution in [0.25, 0.3) is 0 Å². The summed E-state index contributed by atoms with van der Waals surface area (Å²) in [6.07, 6.45) is 1.60. The molecule has 0 radical (unpaired) electrons. The summed E-state index contributed by atoms with van der Waals surface area (Å²) >= 11 is 0. The van der Waals surface area contributed by atoms with Crippen LogP contribution in [0.5, 0.6) is 11.5 Å². The maximum atomic E-state index is 12.7. The van der Waals surface area contributed by atoms with Crippen molar-refractivity contribution in [2.24, 2.45) is 0 Å². The molecule has 0 aliphatic rings. The van der Waals surface area contributed by atoms with Crippen molar-refractivity contribution in [3.8, 4) is 11.5 Å². The highest BCUT2D eigenvalue weighted by atomic mass is 16.5. The molecular weight excluding hydrogens is 354 g/mol. The van der Waals surface area contributed by atoms with Crippen molar-refractivity contribution in [2.45, 2.75) is 13.8 Å². The van der Waals surface area contributed by atoms with E-state index in [1.807, 2.05) is 25.1 Å². The second-order valence-electron chi connectivity index (χ2n) is 6.39. The van der Waals surface area contributed by atoms with Gasteiger partial charge in [-0.3, -0.25) is 9.78 Å². The molecule has 0 aliphatic carbocycles. The van der Waals surface area contributed by atoms with Crippen molar-refractivity contribution >= 4 is 23.0 Å². The molecule has 0 aliphatic heterocycles. The lowest BCUT2D eigenvalue weighted by atomic mass is 10.1. The van der Waals surface area contributed by atoms with Crippen LogP contribution in [-0.2, 0) is 0 Å². The molecule has 6 heteroatoms. The van der Waals surface area contributed by atoms with E-state index in [0.29, 0.717) is 22.9 Å². The van der Waals surface area contributed by atoms with Gasteiger partial charge in [0.25, 0.3) is 5.91 Å². The van der Waals surface area contributed by atoms with Gasteiger partial charge in [-0.25, -0.2) is 0 Å². The highest BCUT2D eigenvalue weighted by molar-refractivity contribution is 6.04. The first-order valence-corrected chi connectivity index (χ1v) is 8.84. The zero-order valence-electron chi connectivity index (χ0n) is 16.4. The Hall–Kier alpha value is -3.54. The summed E-state index contributed by atoms with van der Waals surface area (Å²) < 4.78 is 10.5. The van der Waals surface area contributed by atoms with Crippen LogP contribution in [0.1, 0.15) is 21.6 Å². The molecule has 6 nitrogen and oxygen atoms in total. The Kier molecular flexibility index (Phi) is 5.79. The van der Waals surface area contributed by atoms with Gasteiger partial charge in [-0.1, -0.05) is 17.7 Å². The molecule has 2 aromatic carbocycles. The molecule has 0 fully saturated rings. The summed E-state index contributed by atoms with van der Waals surface area (Å²) in [5.41, 5.74) is 4.95. The number of carbonyl (C=O) groups is 1. The Morgan fingerprint density at radius 3 is 2.43 bits per heavy atom. The summed E-state index contributed by atoms with van der Waals surface area (Å²) in [6.45, 7) is 4.10. The lowest BCUT2D eigenvalue weighted by Crippen LogP contribution is -2.14. The molecule has 1 heterocycles. The van der Waals surface area contributed by atoms with E-state index in [0.717, 1.165) is 16.9 Å². The Bertz CT molecular complexity index is 1000. The molecule has 0 atom stereocenters. The Labute approximate surface area is 164 Å². The van der Waals surface area contributed by atoms with Gasteiger partial charge in [-0.2, -0.15) is 0 Å². The molecule has 28 heavy (non-hydrogen) atoms. The molecule has 0 unspecified atom stereocenters. The molecule has 3 aromatic rings. The summed E-state index contributed by atoms with van der Waals surface area (Å²) in [7, 11) is 3.11. The van der Waals surface area contributed by atoms with Gasteiger partial charge in [0.05, 0.1) is 19.9 Å². The van der Waals surface area contributed by atoms with E-state index in [9.17, 15) is 4.79 Å². The number of ether oxygens (including phenoxy) is 2. The third-order valence-electron chi connectivity index (χ3n) is 4.31. The maximum Gasteiger partial charge on any atom is 0.274 e. The number of pyridine rings is 1. The fraction of sp³-hybridized carbons (Fsp3) is 0.182. The minimum Gasteiger partial charge on any atom is -0.497 e. The minimum absolute atomic E-state index is 0.299. The first-order valence-electron chi connectivity index (χ1n) is 8.84. The smallest absolute Gasteiger partial charge is 0.274 e. The van der Waals surface area contributed by atoms with Crippen molar-refractivity contribution in [2.75, 3.05) is 24.9 Å². The first kappa shape index (κ1) is 19.2. The van der Waals surface area contributed by atoms with Crippen LogP contribution in [0.4, 0.5) is 17.1 Å². The minimum atomic E-state index is -0.326. The summed E-state index contributed by atoms with van der Waals surface area (Å²) in [4.78, 5) is 16.9. The fourth-order valence-electron chi connectivity index (χ4n) is 2.83. The lowest BCUT2D eigenvalue weighted by Gasteiger charge is -2.13. The third-order valence-corrected chi connectivity index (χ3v) is 4.31. The Balaban J connectivity index is 1.79. The number of rotatable bonds is 6. The van der Waals surface area contributed by atoms with E-state index in [-0.39, 0.29) is 5.91 Å². The average Bonchev–Trinajstić information content (AvgIpc) is 2.70. The molecule has 0 saturated heterocycles. The molecule has 0 spiro atoms. The van der Waals surface area contributed by atoms with Crippen LogP contribution in [0, 0.1) is 13.8 Å². The second kappa shape index (κ2) is 8.43. The van der Waals surface area contributed by atoms with Crippen LogP contribution in [0.3, 0.4) is 0 Å². The van der Waals surface area contributed by atoms with Gasteiger partial charge < -0.3 is 20.1 Å². The quantitative estimate of drug-likeness (QED) is 0.651. The molecule has 0 bridgehead atoms. The van der Waals surface area contributed by atoms with Crippen molar-refractivity contribution < 1.29 is 14.3 Å². The van der Waals surface area contributed by atoms with Crippen molar-refractivity contribution in [1.29, 1.82) is 0 Å². The number of aromatic nitrogens is 1. The topological polar surface area (TPSA) is 72.5 Å². The number of aryl methyl sites for hydroxylation is 2. The van der Waals surface area contributed by atoms with Crippen molar-refractivity contribution in [1.82, 2.24) is 4.98 Å². The maximum absolute atomic E-state index is 12.7. The van der Waals surface area contributed by atoms with E-state index in [1.54, 1.807) is 37.6 Å². The van der Waals surface area contributed by atoms with Crippen molar-refractivity contribution in [3.63, 3.8) is 0 Å². The predicted octanol–water partition coefficient (Wildman–Crippen LogP) is 4.71. The van der Waals surface area contributed by atoms with Crippen LogP contribution in [0.15, 0.2) is 54.7 Å². The van der Waals surface area contributed by atoms with Gasteiger partial charge >= 0.3 is 0 Å². The van der Waals surface area contributed by atoms with Gasteiger partial charge in [0.1, 0.15) is 17.2 Å². The summed E-state index contributed by atoms with van der Waals surface area (Å²) in [5.74, 6) is 0.831. The third kappa shape index (κ3) is 4.40. The van der Waals surface area contributed by atoms with E-state index >= 15 is 0 Å². The number of hydrogen-bond donors (Lipinski definition) is 2. The van der Waals surface area contributed by atoms with Gasteiger partial charge in [0.15, 0.2) is 0 Å². The van der Waals surface area contributed by atoms with Gasteiger partial charge in [-0.05, 0) is 49.7 Å². The highest BCUT2D eigenvalue weighted by Crippen LogP contribution is 2.29. The second-order valence-corrected chi connectivity index (χ2v) is 6.39. The number of amides is 1. The zero-order valence-corrected chi connectivity index (χ0v) is 16.4. The predicted molar refractivity (Wildman–Crippen MR) is 111 cm³/mol. The van der Waals surface area contributed by atoms with Crippen molar-refractivity contribution in [3.05, 3.63) is 71.5 Å². The number of nitrogens with zero attached hydrogens (tertiary/aromatic N) is 1. The summed E-state index contributed by atoms with van der Waals surface area (Å²) in [6, 6.07) is 14.9.